The zero-order valence-electron chi connectivity index (χ0n) is 17.5. The van der Waals surface area contributed by atoms with Crippen LogP contribution in [0, 0.1) is 0 Å². The van der Waals surface area contributed by atoms with Crippen LogP contribution in [0.3, 0.4) is 0 Å². The second kappa shape index (κ2) is 13.0. The molecule has 0 fully saturated rings. The quantitative estimate of drug-likeness (QED) is 0.225. The average Bonchev–Trinajstić information content (AvgIpc) is 2.79. The van der Waals surface area contributed by atoms with Gasteiger partial charge in [-0.1, -0.05) is 56.7 Å². The van der Waals surface area contributed by atoms with Crippen LogP contribution in [0.15, 0.2) is 61.2 Å². The Morgan fingerprint density at radius 2 is 1.55 bits per heavy atom. The summed E-state index contributed by atoms with van der Waals surface area (Å²) in [6.45, 7) is 6.50. The Morgan fingerprint density at radius 3 is 2.19 bits per heavy atom. The standard InChI is InChI=1S/C23H27N3O4S/c1-3-5-10-16-30-19-13-8-6-11-17(19)21(27)24-23(31)26-25-22(28)18-12-7-9-14-20(18)29-15-4-2/h4,6-9,11-14H,2-3,5,10,15-16H2,1H3,(H,25,28)(H2,24,26,27,31). The molecule has 8 heteroatoms. The second-order valence-corrected chi connectivity index (χ2v) is 6.92. The van der Waals surface area contributed by atoms with Crippen molar-refractivity contribution in [2.45, 2.75) is 26.2 Å². The molecular formula is C23H27N3O4S. The van der Waals surface area contributed by atoms with Gasteiger partial charge in [0, 0.05) is 0 Å². The van der Waals surface area contributed by atoms with Gasteiger partial charge in [-0.15, -0.1) is 0 Å². The van der Waals surface area contributed by atoms with Crippen molar-refractivity contribution in [3.05, 3.63) is 72.3 Å². The Kier molecular flexibility index (Phi) is 10.0. The summed E-state index contributed by atoms with van der Waals surface area (Å²) >= 11 is 5.12. The van der Waals surface area contributed by atoms with E-state index in [1.807, 2.05) is 0 Å². The van der Waals surface area contributed by atoms with Crippen LogP contribution >= 0.6 is 12.2 Å². The first-order valence-electron chi connectivity index (χ1n) is 10.0. The predicted octanol–water partition coefficient (Wildman–Crippen LogP) is 3.77. The Hall–Kier alpha value is -3.39. The molecule has 7 nitrogen and oxygen atoms in total. The molecule has 0 spiro atoms. The monoisotopic (exact) mass is 441 g/mol. The number of carbonyl (C=O) groups excluding carboxylic acids is 2. The third-order valence-electron chi connectivity index (χ3n) is 4.14. The Morgan fingerprint density at radius 1 is 0.935 bits per heavy atom. The number of thiocarbonyl (C=S) groups is 1. The van der Waals surface area contributed by atoms with E-state index in [9.17, 15) is 9.59 Å². The van der Waals surface area contributed by atoms with E-state index >= 15 is 0 Å². The first kappa shape index (κ1) is 23.9. The van der Waals surface area contributed by atoms with Crippen LogP contribution in [0.4, 0.5) is 0 Å². The number of hydrogen-bond donors (Lipinski definition) is 3. The van der Waals surface area contributed by atoms with E-state index in [2.05, 4.69) is 29.7 Å². The van der Waals surface area contributed by atoms with E-state index in [0.717, 1.165) is 19.3 Å². The van der Waals surface area contributed by atoms with Crippen LogP contribution in [0.2, 0.25) is 0 Å². The maximum absolute atomic E-state index is 12.6. The van der Waals surface area contributed by atoms with Crippen molar-refractivity contribution in [1.82, 2.24) is 16.2 Å². The predicted molar refractivity (Wildman–Crippen MR) is 124 cm³/mol. The molecule has 2 amide bonds. The van der Waals surface area contributed by atoms with Gasteiger partial charge in [0.2, 0.25) is 0 Å². The molecule has 0 aliphatic heterocycles. The molecule has 0 unspecified atom stereocenters. The first-order chi connectivity index (χ1) is 15.1. The molecule has 0 heterocycles. The average molecular weight is 442 g/mol. The number of hydrogen-bond acceptors (Lipinski definition) is 5. The van der Waals surface area contributed by atoms with Crippen LogP contribution in [-0.4, -0.2) is 30.1 Å². The molecule has 0 aliphatic carbocycles. The summed E-state index contributed by atoms with van der Waals surface area (Å²) in [5.41, 5.74) is 5.66. The topological polar surface area (TPSA) is 88.7 Å². The number of nitrogens with one attached hydrogen (secondary N) is 3. The number of amides is 2. The van der Waals surface area contributed by atoms with Gasteiger partial charge in [-0.2, -0.15) is 0 Å². The van der Waals surface area contributed by atoms with Gasteiger partial charge < -0.3 is 9.47 Å². The summed E-state index contributed by atoms with van der Waals surface area (Å²) in [7, 11) is 0. The molecule has 31 heavy (non-hydrogen) atoms. The number of carbonyl (C=O) groups is 2. The highest BCUT2D eigenvalue weighted by molar-refractivity contribution is 7.80. The molecule has 2 aromatic rings. The zero-order valence-corrected chi connectivity index (χ0v) is 18.3. The van der Waals surface area contributed by atoms with Crippen molar-refractivity contribution in [2.24, 2.45) is 0 Å². The molecule has 2 aromatic carbocycles. The van der Waals surface area contributed by atoms with Crippen LogP contribution in [0.5, 0.6) is 11.5 Å². The molecular weight excluding hydrogens is 414 g/mol. The molecule has 0 radical (unpaired) electrons. The Balaban J connectivity index is 1.91. The lowest BCUT2D eigenvalue weighted by Gasteiger charge is -2.14. The third-order valence-corrected chi connectivity index (χ3v) is 4.35. The number of benzene rings is 2. The molecule has 0 atom stereocenters. The van der Waals surface area contributed by atoms with Crippen LogP contribution in [0.25, 0.3) is 0 Å². The van der Waals surface area contributed by atoms with Crippen LogP contribution < -0.4 is 25.6 Å². The van der Waals surface area contributed by atoms with Crippen molar-refractivity contribution >= 4 is 29.1 Å². The molecule has 0 saturated carbocycles. The number of rotatable bonds is 10. The van der Waals surface area contributed by atoms with E-state index in [1.54, 1.807) is 54.6 Å². The van der Waals surface area contributed by atoms with Gasteiger partial charge in [0.05, 0.1) is 17.7 Å². The molecule has 2 rings (SSSR count). The summed E-state index contributed by atoms with van der Waals surface area (Å²) < 4.78 is 11.2. The zero-order chi connectivity index (χ0) is 22.5. The number of para-hydroxylation sites is 2. The van der Waals surface area contributed by atoms with Crippen molar-refractivity contribution in [2.75, 3.05) is 13.2 Å². The van der Waals surface area contributed by atoms with E-state index in [-0.39, 0.29) is 11.7 Å². The maximum Gasteiger partial charge on any atom is 0.273 e. The van der Waals surface area contributed by atoms with Crippen LogP contribution in [-0.2, 0) is 0 Å². The lowest BCUT2D eigenvalue weighted by molar-refractivity contribution is 0.0930. The summed E-state index contributed by atoms with van der Waals surface area (Å²) in [5.74, 6) is -0.00878. The molecule has 0 saturated heterocycles. The number of hydrazine groups is 1. The van der Waals surface area contributed by atoms with E-state index in [0.29, 0.717) is 29.2 Å². The molecule has 3 N–H and O–H groups in total. The van der Waals surface area contributed by atoms with Crippen molar-refractivity contribution in [1.29, 1.82) is 0 Å². The summed E-state index contributed by atoms with van der Waals surface area (Å²) in [6, 6.07) is 13.7. The van der Waals surface area contributed by atoms with Crippen molar-refractivity contribution in [3.8, 4) is 11.5 Å². The van der Waals surface area contributed by atoms with E-state index in [4.69, 9.17) is 21.7 Å². The Bertz CT molecular complexity index is 917. The minimum atomic E-state index is -0.462. The first-order valence-corrected chi connectivity index (χ1v) is 10.4. The van der Waals surface area contributed by atoms with Crippen LogP contribution in [0.1, 0.15) is 46.9 Å². The number of unbranched alkanes of at least 4 members (excludes halogenated alkanes) is 2. The van der Waals surface area contributed by atoms with Gasteiger partial charge in [-0.3, -0.25) is 25.8 Å². The fraction of sp³-hybridized carbons (Fsp3) is 0.261. The highest BCUT2D eigenvalue weighted by atomic mass is 32.1. The highest BCUT2D eigenvalue weighted by Gasteiger charge is 2.15. The second-order valence-electron chi connectivity index (χ2n) is 6.51. The van der Waals surface area contributed by atoms with Gasteiger partial charge in [0.1, 0.15) is 18.1 Å². The van der Waals surface area contributed by atoms with Gasteiger partial charge >= 0.3 is 0 Å². The van der Waals surface area contributed by atoms with Gasteiger partial charge in [0.25, 0.3) is 11.8 Å². The Labute approximate surface area is 187 Å². The lowest BCUT2D eigenvalue weighted by atomic mass is 10.2. The summed E-state index contributed by atoms with van der Waals surface area (Å²) in [6.07, 6.45) is 4.64. The fourth-order valence-corrected chi connectivity index (χ4v) is 2.77. The van der Waals surface area contributed by atoms with Gasteiger partial charge in [0.15, 0.2) is 5.11 Å². The normalized spacial score (nSPS) is 9.97. The lowest BCUT2D eigenvalue weighted by Crippen LogP contribution is -2.48. The number of ether oxygens (including phenoxy) is 2. The largest absolute Gasteiger partial charge is 0.493 e. The summed E-state index contributed by atoms with van der Waals surface area (Å²) in [5, 5.41) is 2.48. The third kappa shape index (κ3) is 7.75. The van der Waals surface area contributed by atoms with Crippen molar-refractivity contribution in [3.63, 3.8) is 0 Å². The minimum absolute atomic E-state index is 0.0522. The van der Waals surface area contributed by atoms with E-state index < -0.39 is 11.8 Å². The van der Waals surface area contributed by atoms with Gasteiger partial charge in [-0.25, -0.2) is 0 Å². The molecule has 0 aliphatic rings. The van der Waals surface area contributed by atoms with E-state index in [1.165, 1.54) is 0 Å². The highest BCUT2D eigenvalue weighted by Crippen LogP contribution is 2.19. The smallest absolute Gasteiger partial charge is 0.273 e. The SMILES string of the molecule is C=CCOc1ccccc1C(=O)NNC(=S)NC(=O)c1ccccc1OCCCCC. The molecule has 0 bridgehead atoms. The van der Waals surface area contributed by atoms with Gasteiger partial charge in [-0.05, 0) is 42.9 Å². The van der Waals surface area contributed by atoms with Crippen molar-refractivity contribution < 1.29 is 19.1 Å². The maximum atomic E-state index is 12.6. The molecule has 164 valence electrons. The fourth-order valence-electron chi connectivity index (χ4n) is 2.63. The summed E-state index contributed by atoms with van der Waals surface area (Å²) in [4.78, 5) is 25.0. The minimum Gasteiger partial charge on any atom is -0.493 e. The molecule has 0 aromatic heterocycles.